The molecule has 2 atom stereocenters. The number of carbonyl (C=O) groups is 1. The molecular weight excluding hydrogens is 194 g/mol. The summed E-state index contributed by atoms with van der Waals surface area (Å²) in [6.07, 6.45) is 2.63. The van der Waals surface area contributed by atoms with Crippen LogP contribution < -0.4 is 11.1 Å². The summed E-state index contributed by atoms with van der Waals surface area (Å²) in [5.74, 6) is 0.715. The molecule has 15 heavy (non-hydrogen) atoms. The number of carbonyl (C=O) groups excluding carboxylic acids is 1. The van der Waals surface area contributed by atoms with Crippen LogP contribution in [-0.2, 0) is 6.42 Å². The number of H-pyrrole nitrogens is 1. The van der Waals surface area contributed by atoms with Crippen molar-refractivity contribution in [1.82, 2.24) is 20.5 Å². The number of hydrogen-bond acceptors (Lipinski definition) is 4. The first-order valence-corrected chi connectivity index (χ1v) is 5.18. The molecule has 1 aromatic heterocycles. The normalized spacial score (nSPS) is 23.9. The van der Waals surface area contributed by atoms with Gasteiger partial charge in [-0.15, -0.1) is 5.10 Å². The number of rotatable bonds is 4. The number of nitrogens with one attached hydrogen (secondary N) is 2. The van der Waals surface area contributed by atoms with Gasteiger partial charge in [0.2, 0.25) is 5.82 Å². The molecule has 4 N–H and O–H groups in total. The maximum Gasteiger partial charge on any atom is 0.291 e. The number of aryl methyl sites for hydroxylation is 1. The van der Waals surface area contributed by atoms with E-state index in [1.165, 1.54) is 0 Å². The van der Waals surface area contributed by atoms with Gasteiger partial charge in [-0.05, 0) is 12.8 Å². The molecule has 6 nitrogen and oxygen atoms in total. The van der Waals surface area contributed by atoms with Gasteiger partial charge in [0, 0.05) is 18.5 Å². The van der Waals surface area contributed by atoms with Gasteiger partial charge in [-0.25, -0.2) is 4.98 Å². The van der Waals surface area contributed by atoms with Crippen molar-refractivity contribution < 1.29 is 4.79 Å². The Hall–Kier alpha value is -1.43. The lowest BCUT2D eigenvalue weighted by atomic mass is 10.3. The van der Waals surface area contributed by atoms with Gasteiger partial charge >= 0.3 is 0 Å². The molecule has 0 aromatic carbocycles. The fourth-order valence-electron chi connectivity index (χ4n) is 1.36. The third kappa shape index (κ3) is 2.33. The number of amides is 1. The predicted octanol–water partition coefficient (Wildman–Crippen LogP) is -0.413. The van der Waals surface area contributed by atoms with Crippen LogP contribution in [0.3, 0.4) is 0 Å². The molecule has 6 heteroatoms. The third-order valence-corrected chi connectivity index (χ3v) is 2.38. The zero-order valence-corrected chi connectivity index (χ0v) is 8.66. The van der Waals surface area contributed by atoms with Gasteiger partial charge in [0.1, 0.15) is 5.82 Å². The lowest BCUT2D eigenvalue weighted by Crippen LogP contribution is -2.30. The first kappa shape index (κ1) is 10.1. The lowest BCUT2D eigenvalue weighted by molar-refractivity contribution is 0.0940. The first-order valence-electron chi connectivity index (χ1n) is 5.18. The van der Waals surface area contributed by atoms with Crippen LogP contribution in [0.1, 0.15) is 36.2 Å². The van der Waals surface area contributed by atoms with Crippen LogP contribution in [-0.4, -0.2) is 33.2 Å². The molecule has 1 aromatic rings. The molecule has 0 saturated heterocycles. The fraction of sp³-hybridized carbons (Fsp3) is 0.667. The highest BCUT2D eigenvalue weighted by atomic mass is 16.2. The lowest BCUT2D eigenvalue weighted by Gasteiger charge is -1.97. The highest BCUT2D eigenvalue weighted by Crippen LogP contribution is 2.17. The molecular formula is C9H15N5O. The fourth-order valence-corrected chi connectivity index (χ4v) is 1.36. The minimum atomic E-state index is -0.244. The smallest absolute Gasteiger partial charge is 0.291 e. The first-order chi connectivity index (χ1) is 7.20. The van der Waals surface area contributed by atoms with Gasteiger partial charge in [-0.2, -0.15) is 0 Å². The number of hydrogen-bond donors (Lipinski definition) is 3. The maximum atomic E-state index is 11.5. The molecule has 0 bridgehead atoms. The van der Waals surface area contributed by atoms with Crippen LogP contribution in [0.4, 0.5) is 0 Å². The summed E-state index contributed by atoms with van der Waals surface area (Å²) < 4.78 is 0. The highest BCUT2D eigenvalue weighted by Gasteiger charge is 2.35. The highest BCUT2D eigenvalue weighted by molar-refractivity contribution is 5.90. The predicted molar refractivity (Wildman–Crippen MR) is 54.2 cm³/mol. The second kappa shape index (κ2) is 3.98. The zero-order chi connectivity index (χ0) is 10.8. The van der Waals surface area contributed by atoms with Crippen LogP contribution in [0.25, 0.3) is 0 Å². The van der Waals surface area contributed by atoms with Crippen LogP contribution in [0.5, 0.6) is 0 Å². The summed E-state index contributed by atoms with van der Waals surface area (Å²) in [6.45, 7) is 2.05. The molecule has 0 radical (unpaired) electrons. The van der Waals surface area contributed by atoms with E-state index >= 15 is 0 Å². The van der Waals surface area contributed by atoms with Crippen LogP contribution in [0.2, 0.25) is 0 Å². The zero-order valence-electron chi connectivity index (χ0n) is 8.66. The Balaban J connectivity index is 1.93. The summed E-state index contributed by atoms with van der Waals surface area (Å²) in [6, 6.07) is 0.202. The SMILES string of the molecule is CCCc1nc(C(=O)NC2CC2N)n[nH]1. The Kier molecular flexibility index (Phi) is 2.68. The van der Waals surface area contributed by atoms with E-state index in [4.69, 9.17) is 5.73 Å². The summed E-state index contributed by atoms with van der Waals surface area (Å²) in [7, 11) is 0. The van der Waals surface area contributed by atoms with Gasteiger partial charge in [-0.3, -0.25) is 9.89 Å². The third-order valence-electron chi connectivity index (χ3n) is 2.38. The largest absolute Gasteiger partial charge is 0.345 e. The van der Waals surface area contributed by atoms with E-state index in [2.05, 4.69) is 20.5 Å². The molecule has 2 unspecified atom stereocenters. The number of aromatic amines is 1. The Morgan fingerprint density at radius 1 is 1.73 bits per heavy atom. The van der Waals surface area contributed by atoms with E-state index in [0.717, 1.165) is 25.1 Å². The van der Waals surface area contributed by atoms with Crippen molar-refractivity contribution in [3.05, 3.63) is 11.6 Å². The van der Waals surface area contributed by atoms with Crippen molar-refractivity contribution in [2.45, 2.75) is 38.3 Å². The van der Waals surface area contributed by atoms with E-state index in [9.17, 15) is 4.79 Å². The molecule has 1 saturated carbocycles. The average Bonchev–Trinajstić information content (AvgIpc) is 2.72. The number of nitrogens with zero attached hydrogens (tertiary/aromatic N) is 2. The van der Waals surface area contributed by atoms with E-state index in [1.54, 1.807) is 0 Å². The Morgan fingerprint density at radius 2 is 2.47 bits per heavy atom. The summed E-state index contributed by atoms with van der Waals surface area (Å²) in [4.78, 5) is 15.6. The van der Waals surface area contributed by atoms with E-state index in [1.807, 2.05) is 6.92 Å². The number of nitrogens with two attached hydrogens (primary N) is 1. The van der Waals surface area contributed by atoms with Crippen molar-refractivity contribution in [1.29, 1.82) is 0 Å². The second-order valence-corrected chi connectivity index (χ2v) is 3.84. The number of aromatic nitrogens is 3. The van der Waals surface area contributed by atoms with Crippen LogP contribution in [0.15, 0.2) is 0 Å². The van der Waals surface area contributed by atoms with Gasteiger partial charge in [0.05, 0.1) is 0 Å². The topological polar surface area (TPSA) is 96.7 Å². The van der Waals surface area contributed by atoms with Crippen molar-refractivity contribution in [3.8, 4) is 0 Å². The molecule has 1 fully saturated rings. The van der Waals surface area contributed by atoms with Gasteiger partial charge < -0.3 is 11.1 Å². The minimum Gasteiger partial charge on any atom is -0.345 e. The van der Waals surface area contributed by atoms with Gasteiger partial charge in [0.25, 0.3) is 5.91 Å². The second-order valence-electron chi connectivity index (χ2n) is 3.84. The maximum absolute atomic E-state index is 11.5. The molecule has 1 aliphatic carbocycles. The van der Waals surface area contributed by atoms with Crippen LogP contribution >= 0.6 is 0 Å². The van der Waals surface area contributed by atoms with E-state index in [0.29, 0.717) is 0 Å². The van der Waals surface area contributed by atoms with Crippen molar-refractivity contribution >= 4 is 5.91 Å². The van der Waals surface area contributed by atoms with Crippen molar-refractivity contribution in [2.75, 3.05) is 0 Å². The molecule has 2 rings (SSSR count). The van der Waals surface area contributed by atoms with Gasteiger partial charge in [0.15, 0.2) is 0 Å². The Labute approximate surface area is 87.6 Å². The molecule has 1 amide bonds. The molecule has 0 aliphatic heterocycles. The van der Waals surface area contributed by atoms with Gasteiger partial charge in [-0.1, -0.05) is 6.92 Å². The van der Waals surface area contributed by atoms with E-state index < -0.39 is 0 Å². The monoisotopic (exact) mass is 209 g/mol. The van der Waals surface area contributed by atoms with Crippen molar-refractivity contribution in [3.63, 3.8) is 0 Å². The average molecular weight is 209 g/mol. The van der Waals surface area contributed by atoms with Crippen molar-refractivity contribution in [2.24, 2.45) is 5.73 Å². The summed E-state index contributed by atoms with van der Waals surface area (Å²) in [5, 5.41) is 9.36. The molecule has 1 heterocycles. The quantitative estimate of drug-likeness (QED) is 0.627. The summed E-state index contributed by atoms with van der Waals surface area (Å²) >= 11 is 0. The molecule has 0 spiro atoms. The molecule has 1 aliphatic rings. The Morgan fingerprint density at radius 3 is 3.07 bits per heavy atom. The Bertz CT molecular complexity index is 361. The standard InChI is InChI=1S/C9H15N5O/c1-2-3-7-12-8(14-13-7)9(15)11-6-4-5(6)10/h5-6H,2-4,10H2,1H3,(H,11,15)(H,12,13,14). The summed E-state index contributed by atoms with van der Waals surface area (Å²) in [5.41, 5.74) is 5.58. The minimum absolute atomic E-state index is 0.100. The molecule has 82 valence electrons. The van der Waals surface area contributed by atoms with E-state index in [-0.39, 0.29) is 23.8 Å². The van der Waals surface area contributed by atoms with Crippen LogP contribution in [0, 0.1) is 0 Å².